The van der Waals surface area contributed by atoms with Crippen LogP contribution in [-0.2, 0) is 6.54 Å². The molecule has 12 heavy (non-hydrogen) atoms. The SMILES string of the molecule is CNCCN(C)Cc1ncno1. The minimum atomic E-state index is 0.661. The summed E-state index contributed by atoms with van der Waals surface area (Å²) in [6.45, 7) is 2.64. The van der Waals surface area contributed by atoms with E-state index in [9.17, 15) is 0 Å². The molecule has 1 N–H and O–H groups in total. The van der Waals surface area contributed by atoms with Crippen molar-refractivity contribution in [2.75, 3.05) is 27.2 Å². The van der Waals surface area contributed by atoms with Crippen molar-refractivity contribution in [3.05, 3.63) is 12.2 Å². The number of nitrogens with one attached hydrogen (secondary N) is 1. The number of hydrogen-bond acceptors (Lipinski definition) is 5. The molecule has 68 valence electrons. The zero-order valence-corrected chi connectivity index (χ0v) is 7.45. The molecule has 0 aromatic carbocycles. The van der Waals surface area contributed by atoms with Gasteiger partial charge in [-0.05, 0) is 14.1 Å². The maximum atomic E-state index is 4.86. The van der Waals surface area contributed by atoms with Crippen molar-refractivity contribution in [3.63, 3.8) is 0 Å². The molecular formula is C7H14N4O. The van der Waals surface area contributed by atoms with E-state index in [1.807, 2.05) is 14.1 Å². The third kappa shape index (κ3) is 2.98. The third-order valence-corrected chi connectivity index (χ3v) is 1.56. The van der Waals surface area contributed by atoms with Crippen molar-refractivity contribution >= 4 is 0 Å². The van der Waals surface area contributed by atoms with Crippen LogP contribution in [0.25, 0.3) is 0 Å². The minimum absolute atomic E-state index is 0.661. The fourth-order valence-electron chi connectivity index (χ4n) is 0.878. The molecule has 0 saturated heterocycles. The lowest BCUT2D eigenvalue weighted by Gasteiger charge is -2.12. The Hall–Kier alpha value is -0.940. The molecule has 1 aromatic rings. The van der Waals surface area contributed by atoms with Gasteiger partial charge in [0.15, 0.2) is 6.33 Å². The van der Waals surface area contributed by atoms with Gasteiger partial charge in [0, 0.05) is 13.1 Å². The molecule has 0 radical (unpaired) electrons. The maximum absolute atomic E-state index is 4.86. The fourth-order valence-corrected chi connectivity index (χ4v) is 0.878. The minimum Gasteiger partial charge on any atom is -0.338 e. The van der Waals surface area contributed by atoms with Crippen LogP contribution >= 0.6 is 0 Å². The van der Waals surface area contributed by atoms with Crippen molar-refractivity contribution in [1.82, 2.24) is 20.4 Å². The summed E-state index contributed by atoms with van der Waals surface area (Å²) in [5, 5.41) is 6.60. The maximum Gasteiger partial charge on any atom is 0.240 e. The summed E-state index contributed by atoms with van der Waals surface area (Å²) < 4.78 is 4.86. The predicted molar refractivity (Wildman–Crippen MR) is 44.6 cm³/mol. The second kappa shape index (κ2) is 4.84. The van der Waals surface area contributed by atoms with Crippen LogP contribution in [0, 0.1) is 0 Å². The van der Waals surface area contributed by atoms with Crippen molar-refractivity contribution in [2.24, 2.45) is 0 Å². The van der Waals surface area contributed by atoms with Crippen LogP contribution in [-0.4, -0.2) is 42.2 Å². The number of hydrogen-bond donors (Lipinski definition) is 1. The normalized spacial score (nSPS) is 10.9. The standard InChI is InChI=1S/C7H14N4O/c1-8-3-4-11(2)5-7-9-6-10-12-7/h6,8H,3-5H2,1-2H3. The molecule has 1 heterocycles. The van der Waals surface area contributed by atoms with Gasteiger partial charge in [0.1, 0.15) is 0 Å². The van der Waals surface area contributed by atoms with Crippen LogP contribution in [0.1, 0.15) is 5.89 Å². The molecule has 0 fully saturated rings. The topological polar surface area (TPSA) is 54.2 Å². The first-order valence-electron chi connectivity index (χ1n) is 3.91. The lowest BCUT2D eigenvalue weighted by Crippen LogP contribution is -2.27. The highest BCUT2D eigenvalue weighted by Crippen LogP contribution is 1.95. The number of rotatable bonds is 5. The summed E-state index contributed by atoms with van der Waals surface area (Å²) in [7, 11) is 3.95. The van der Waals surface area contributed by atoms with E-state index in [1.54, 1.807) is 0 Å². The van der Waals surface area contributed by atoms with Gasteiger partial charge in [0.2, 0.25) is 5.89 Å². The predicted octanol–water partition coefficient (Wildman–Crippen LogP) is -0.279. The molecule has 0 saturated carbocycles. The van der Waals surface area contributed by atoms with Crippen LogP contribution in [0.15, 0.2) is 10.9 Å². The van der Waals surface area contributed by atoms with Gasteiger partial charge in [-0.15, -0.1) is 0 Å². The summed E-state index contributed by atoms with van der Waals surface area (Å²) in [6, 6.07) is 0. The largest absolute Gasteiger partial charge is 0.338 e. The first kappa shape index (κ1) is 9.15. The third-order valence-electron chi connectivity index (χ3n) is 1.56. The van der Waals surface area contributed by atoms with E-state index < -0.39 is 0 Å². The molecule has 0 unspecified atom stereocenters. The van der Waals surface area contributed by atoms with E-state index in [-0.39, 0.29) is 0 Å². The van der Waals surface area contributed by atoms with Gasteiger partial charge < -0.3 is 9.84 Å². The molecule has 1 rings (SSSR count). The summed E-state index contributed by atoms with van der Waals surface area (Å²) >= 11 is 0. The van der Waals surface area contributed by atoms with Crippen molar-refractivity contribution in [1.29, 1.82) is 0 Å². The molecule has 0 atom stereocenters. The van der Waals surface area contributed by atoms with Gasteiger partial charge in [0.05, 0.1) is 6.54 Å². The molecule has 0 aliphatic rings. The Morgan fingerprint density at radius 1 is 1.67 bits per heavy atom. The van der Waals surface area contributed by atoms with Gasteiger partial charge in [-0.3, -0.25) is 4.90 Å². The van der Waals surface area contributed by atoms with E-state index in [0.29, 0.717) is 12.4 Å². The Kier molecular flexibility index (Phi) is 3.69. The monoisotopic (exact) mass is 170 g/mol. The second-order valence-electron chi connectivity index (χ2n) is 2.68. The van der Waals surface area contributed by atoms with E-state index in [0.717, 1.165) is 13.1 Å². The number of aromatic nitrogens is 2. The molecule has 0 aliphatic carbocycles. The Morgan fingerprint density at radius 2 is 2.50 bits per heavy atom. The number of likely N-dealkylation sites (N-methyl/N-ethyl adjacent to an activating group) is 2. The van der Waals surface area contributed by atoms with Crippen LogP contribution in [0.4, 0.5) is 0 Å². The van der Waals surface area contributed by atoms with Crippen LogP contribution in [0.5, 0.6) is 0 Å². The molecular weight excluding hydrogens is 156 g/mol. The Balaban J connectivity index is 2.22. The molecule has 5 heteroatoms. The van der Waals surface area contributed by atoms with Crippen LogP contribution in [0.2, 0.25) is 0 Å². The van der Waals surface area contributed by atoms with Crippen LogP contribution < -0.4 is 5.32 Å². The average molecular weight is 170 g/mol. The quantitative estimate of drug-likeness (QED) is 0.658. The molecule has 1 aromatic heterocycles. The summed E-state index contributed by atoms with van der Waals surface area (Å²) in [4.78, 5) is 6.04. The lowest BCUT2D eigenvalue weighted by molar-refractivity contribution is 0.268. The first-order valence-corrected chi connectivity index (χ1v) is 3.91. The van der Waals surface area contributed by atoms with Crippen molar-refractivity contribution in [3.8, 4) is 0 Å². The molecule has 0 amide bonds. The van der Waals surface area contributed by atoms with Crippen LogP contribution in [0.3, 0.4) is 0 Å². The van der Waals surface area contributed by atoms with E-state index in [2.05, 4.69) is 20.4 Å². The smallest absolute Gasteiger partial charge is 0.240 e. The fraction of sp³-hybridized carbons (Fsp3) is 0.714. The molecule has 0 bridgehead atoms. The first-order chi connectivity index (χ1) is 5.83. The van der Waals surface area contributed by atoms with Gasteiger partial charge in [-0.25, -0.2) is 0 Å². The van der Waals surface area contributed by atoms with E-state index in [1.165, 1.54) is 6.33 Å². The Bertz CT molecular complexity index is 199. The van der Waals surface area contributed by atoms with E-state index in [4.69, 9.17) is 4.52 Å². The summed E-state index contributed by atoms with van der Waals surface area (Å²) in [6.07, 6.45) is 1.42. The highest BCUT2D eigenvalue weighted by molar-refractivity contribution is 4.73. The second-order valence-corrected chi connectivity index (χ2v) is 2.68. The van der Waals surface area contributed by atoms with Gasteiger partial charge >= 0.3 is 0 Å². The molecule has 0 aliphatic heterocycles. The molecule has 5 nitrogen and oxygen atoms in total. The highest BCUT2D eigenvalue weighted by atomic mass is 16.5. The van der Waals surface area contributed by atoms with E-state index >= 15 is 0 Å². The van der Waals surface area contributed by atoms with Gasteiger partial charge in [0.25, 0.3) is 0 Å². The summed E-state index contributed by atoms with van der Waals surface area (Å²) in [5.41, 5.74) is 0. The van der Waals surface area contributed by atoms with Crippen molar-refractivity contribution in [2.45, 2.75) is 6.54 Å². The van der Waals surface area contributed by atoms with Gasteiger partial charge in [-0.1, -0.05) is 5.16 Å². The lowest BCUT2D eigenvalue weighted by atomic mass is 10.5. The number of nitrogens with zero attached hydrogens (tertiary/aromatic N) is 3. The summed E-state index contributed by atoms with van der Waals surface area (Å²) in [5.74, 6) is 0.661. The Morgan fingerprint density at radius 3 is 3.08 bits per heavy atom. The average Bonchev–Trinajstić information content (AvgIpc) is 2.53. The van der Waals surface area contributed by atoms with Crippen molar-refractivity contribution < 1.29 is 4.52 Å². The zero-order chi connectivity index (χ0) is 8.81. The zero-order valence-electron chi connectivity index (χ0n) is 7.45. The van der Waals surface area contributed by atoms with Gasteiger partial charge in [-0.2, -0.15) is 4.98 Å². The highest BCUT2D eigenvalue weighted by Gasteiger charge is 2.02. The Labute approximate surface area is 71.8 Å². The molecule has 0 spiro atoms.